The molecule has 0 amide bonds. The molecule has 2 nitrogen and oxygen atoms in total. The van der Waals surface area contributed by atoms with Gasteiger partial charge in [0.15, 0.2) is 0 Å². The van der Waals surface area contributed by atoms with Gasteiger partial charge in [0.2, 0.25) is 0 Å². The first-order chi connectivity index (χ1) is 9.29. The van der Waals surface area contributed by atoms with E-state index in [1.807, 2.05) is 60.7 Å². The Bertz CT molecular complexity index is 633. The van der Waals surface area contributed by atoms with Crippen LogP contribution in [0.5, 0.6) is 0 Å². The van der Waals surface area contributed by atoms with Crippen LogP contribution in [0, 0.1) is 0 Å². The van der Waals surface area contributed by atoms with Gasteiger partial charge in [-0.2, -0.15) is 0 Å². The molecule has 0 saturated carbocycles. The smallest absolute Gasteiger partial charge is 0.0320 e. The maximum atomic E-state index is 5.62. The average Bonchev–Trinajstić information content (AvgIpc) is 2.48. The summed E-state index contributed by atoms with van der Waals surface area (Å²) in [6.07, 6.45) is 0. The second kappa shape index (κ2) is 6.57. The SMILES string of the molecule is NCc1ccccc1.Nc1ccc2ccccc2c1. The van der Waals surface area contributed by atoms with Crippen molar-refractivity contribution < 1.29 is 0 Å². The first-order valence-corrected chi connectivity index (χ1v) is 6.28. The third kappa shape index (κ3) is 3.83. The van der Waals surface area contributed by atoms with Crippen molar-refractivity contribution in [2.24, 2.45) is 5.73 Å². The summed E-state index contributed by atoms with van der Waals surface area (Å²) in [7, 11) is 0. The van der Waals surface area contributed by atoms with Crippen LogP contribution in [0.1, 0.15) is 5.56 Å². The first kappa shape index (κ1) is 13.1. The maximum Gasteiger partial charge on any atom is 0.0320 e. The summed E-state index contributed by atoms with van der Waals surface area (Å²) >= 11 is 0. The first-order valence-electron chi connectivity index (χ1n) is 6.28. The van der Waals surface area contributed by atoms with Gasteiger partial charge in [0.1, 0.15) is 0 Å². The van der Waals surface area contributed by atoms with Gasteiger partial charge in [-0.05, 0) is 28.5 Å². The molecule has 96 valence electrons. The minimum atomic E-state index is 0.640. The second-order valence-electron chi connectivity index (χ2n) is 4.30. The van der Waals surface area contributed by atoms with E-state index in [0.29, 0.717) is 6.54 Å². The van der Waals surface area contributed by atoms with Gasteiger partial charge in [-0.25, -0.2) is 0 Å². The Morgan fingerprint density at radius 1 is 0.684 bits per heavy atom. The number of fused-ring (bicyclic) bond motifs is 1. The summed E-state index contributed by atoms with van der Waals surface area (Å²) in [4.78, 5) is 0. The lowest BCUT2D eigenvalue weighted by atomic mass is 10.1. The van der Waals surface area contributed by atoms with Crippen LogP contribution < -0.4 is 11.5 Å². The normalized spacial score (nSPS) is 9.74. The van der Waals surface area contributed by atoms with Crippen LogP contribution in [0.3, 0.4) is 0 Å². The van der Waals surface area contributed by atoms with Crippen molar-refractivity contribution in [3.8, 4) is 0 Å². The van der Waals surface area contributed by atoms with Crippen molar-refractivity contribution >= 4 is 16.5 Å². The van der Waals surface area contributed by atoms with Gasteiger partial charge in [-0.1, -0.05) is 60.7 Å². The van der Waals surface area contributed by atoms with E-state index in [4.69, 9.17) is 11.5 Å². The van der Waals surface area contributed by atoms with Gasteiger partial charge < -0.3 is 11.5 Å². The Morgan fingerprint density at radius 2 is 1.32 bits per heavy atom. The van der Waals surface area contributed by atoms with Crippen LogP contribution in [0.15, 0.2) is 72.8 Å². The zero-order valence-corrected chi connectivity index (χ0v) is 10.8. The lowest BCUT2D eigenvalue weighted by Crippen LogP contribution is -1.94. The van der Waals surface area contributed by atoms with E-state index in [9.17, 15) is 0 Å². The van der Waals surface area contributed by atoms with Crippen molar-refractivity contribution in [2.45, 2.75) is 6.54 Å². The molecule has 0 fully saturated rings. The molecule has 0 unspecified atom stereocenters. The molecule has 3 aromatic carbocycles. The highest BCUT2D eigenvalue weighted by molar-refractivity contribution is 5.85. The van der Waals surface area contributed by atoms with Gasteiger partial charge in [0.05, 0.1) is 0 Å². The van der Waals surface area contributed by atoms with E-state index < -0.39 is 0 Å². The van der Waals surface area contributed by atoms with Crippen LogP contribution in [0.2, 0.25) is 0 Å². The fourth-order valence-electron chi connectivity index (χ4n) is 1.82. The Kier molecular flexibility index (Phi) is 4.54. The fraction of sp³-hybridized carbons (Fsp3) is 0.0588. The van der Waals surface area contributed by atoms with Crippen LogP contribution in [0.4, 0.5) is 5.69 Å². The van der Waals surface area contributed by atoms with Crippen LogP contribution in [-0.2, 0) is 6.54 Å². The third-order valence-electron chi connectivity index (χ3n) is 2.85. The quantitative estimate of drug-likeness (QED) is 0.649. The lowest BCUT2D eigenvalue weighted by molar-refractivity contribution is 1.07. The van der Waals surface area contributed by atoms with Crippen LogP contribution >= 0.6 is 0 Å². The van der Waals surface area contributed by atoms with Gasteiger partial charge in [-0.3, -0.25) is 0 Å². The Labute approximate surface area is 113 Å². The number of rotatable bonds is 1. The molecule has 0 saturated heterocycles. The standard InChI is InChI=1S/C10H9N.C7H9N/c11-10-6-5-8-3-1-2-4-9(8)7-10;8-6-7-4-2-1-3-5-7/h1-7H,11H2;1-5H,6,8H2. The monoisotopic (exact) mass is 250 g/mol. The zero-order valence-electron chi connectivity index (χ0n) is 10.8. The van der Waals surface area contributed by atoms with Crippen molar-refractivity contribution in [3.63, 3.8) is 0 Å². The minimum absolute atomic E-state index is 0.640. The molecule has 0 spiro atoms. The van der Waals surface area contributed by atoms with Crippen molar-refractivity contribution in [1.82, 2.24) is 0 Å². The summed E-state index contributed by atoms with van der Waals surface area (Å²) in [5, 5.41) is 2.44. The summed E-state index contributed by atoms with van der Waals surface area (Å²) in [6.45, 7) is 0.640. The van der Waals surface area contributed by atoms with Gasteiger partial charge in [0.25, 0.3) is 0 Å². The Hall–Kier alpha value is -2.32. The van der Waals surface area contributed by atoms with Gasteiger partial charge in [-0.15, -0.1) is 0 Å². The van der Waals surface area contributed by atoms with Crippen LogP contribution in [0.25, 0.3) is 10.8 Å². The van der Waals surface area contributed by atoms with Gasteiger partial charge in [0, 0.05) is 12.2 Å². The molecule has 0 aliphatic rings. The zero-order chi connectivity index (χ0) is 13.5. The molecule has 0 heterocycles. The fourth-order valence-corrected chi connectivity index (χ4v) is 1.82. The molecule has 19 heavy (non-hydrogen) atoms. The molecule has 0 aromatic heterocycles. The number of anilines is 1. The van der Waals surface area contributed by atoms with E-state index in [0.717, 1.165) is 5.69 Å². The Balaban J connectivity index is 0.000000148. The number of benzene rings is 3. The molecule has 0 aliphatic heterocycles. The van der Waals surface area contributed by atoms with Crippen molar-refractivity contribution in [2.75, 3.05) is 5.73 Å². The maximum absolute atomic E-state index is 5.62. The molecule has 0 bridgehead atoms. The Morgan fingerprint density at radius 3 is 1.95 bits per heavy atom. The predicted octanol–water partition coefficient (Wildman–Crippen LogP) is 3.57. The average molecular weight is 250 g/mol. The highest BCUT2D eigenvalue weighted by atomic mass is 14.5. The number of hydrogen-bond acceptors (Lipinski definition) is 2. The van der Waals surface area contributed by atoms with E-state index in [-0.39, 0.29) is 0 Å². The number of hydrogen-bond donors (Lipinski definition) is 2. The van der Waals surface area contributed by atoms with E-state index >= 15 is 0 Å². The lowest BCUT2D eigenvalue weighted by Gasteiger charge is -1.96. The summed E-state index contributed by atoms with van der Waals surface area (Å²) < 4.78 is 0. The molecule has 0 aliphatic carbocycles. The molecule has 0 radical (unpaired) electrons. The highest BCUT2D eigenvalue weighted by Gasteiger charge is 1.89. The van der Waals surface area contributed by atoms with E-state index in [1.54, 1.807) is 0 Å². The molecular formula is C17H18N2. The number of nitrogen functional groups attached to an aromatic ring is 1. The summed E-state index contributed by atoms with van der Waals surface area (Å²) in [6, 6.07) is 24.1. The van der Waals surface area contributed by atoms with Crippen LogP contribution in [-0.4, -0.2) is 0 Å². The van der Waals surface area contributed by atoms with Crippen molar-refractivity contribution in [3.05, 3.63) is 78.4 Å². The van der Waals surface area contributed by atoms with E-state index in [1.165, 1.54) is 16.3 Å². The summed E-state index contributed by atoms with van der Waals surface area (Å²) in [5.74, 6) is 0. The molecule has 0 atom stereocenters. The largest absolute Gasteiger partial charge is 0.399 e. The minimum Gasteiger partial charge on any atom is -0.399 e. The van der Waals surface area contributed by atoms with Crippen molar-refractivity contribution in [1.29, 1.82) is 0 Å². The highest BCUT2D eigenvalue weighted by Crippen LogP contribution is 2.15. The molecule has 3 aromatic rings. The molecule has 4 N–H and O–H groups in total. The second-order valence-corrected chi connectivity index (χ2v) is 4.30. The molecule has 2 heteroatoms. The molecule has 3 rings (SSSR count). The van der Waals surface area contributed by atoms with Gasteiger partial charge >= 0.3 is 0 Å². The molecular weight excluding hydrogens is 232 g/mol. The third-order valence-corrected chi connectivity index (χ3v) is 2.85. The number of nitrogens with two attached hydrogens (primary N) is 2. The summed E-state index contributed by atoms with van der Waals surface area (Å²) in [5.41, 5.74) is 13.0. The predicted molar refractivity (Wildman–Crippen MR) is 82.7 cm³/mol. The van der Waals surface area contributed by atoms with E-state index in [2.05, 4.69) is 12.1 Å². The topological polar surface area (TPSA) is 52.0 Å².